The van der Waals surface area contributed by atoms with E-state index < -0.39 is 5.97 Å². The molecule has 0 spiro atoms. The van der Waals surface area contributed by atoms with E-state index in [1.807, 2.05) is 0 Å². The molecule has 102 valence electrons. The van der Waals surface area contributed by atoms with Crippen LogP contribution in [-0.2, 0) is 0 Å². The standard InChI is InChI=1S/C15H8N2O4/c16-8-20-12-7-6-11(15(18)19)13(14(12)21-9-17)10-4-2-1-3-5-10/h1-7H,(H,18,19). The van der Waals surface area contributed by atoms with Gasteiger partial charge in [0.25, 0.3) is 12.5 Å². The van der Waals surface area contributed by atoms with Gasteiger partial charge in [0.05, 0.1) is 5.56 Å². The molecule has 0 aliphatic rings. The van der Waals surface area contributed by atoms with Gasteiger partial charge in [-0.05, 0) is 17.7 Å². The molecule has 21 heavy (non-hydrogen) atoms. The molecule has 0 saturated heterocycles. The first kappa shape index (κ1) is 13.9. The number of benzene rings is 2. The number of rotatable bonds is 4. The zero-order chi connectivity index (χ0) is 15.2. The highest BCUT2D eigenvalue weighted by atomic mass is 16.5. The molecule has 2 aromatic carbocycles. The summed E-state index contributed by atoms with van der Waals surface area (Å²) in [5, 5.41) is 26.7. The quantitative estimate of drug-likeness (QED) is 0.863. The molecule has 6 heteroatoms. The van der Waals surface area contributed by atoms with Gasteiger partial charge >= 0.3 is 5.97 Å². The van der Waals surface area contributed by atoms with Gasteiger partial charge in [-0.25, -0.2) is 4.79 Å². The van der Waals surface area contributed by atoms with Gasteiger partial charge in [0, 0.05) is 5.56 Å². The van der Waals surface area contributed by atoms with Crippen LogP contribution in [0.4, 0.5) is 0 Å². The van der Waals surface area contributed by atoms with Crippen molar-refractivity contribution in [3.63, 3.8) is 0 Å². The van der Waals surface area contributed by atoms with Crippen molar-refractivity contribution in [3.8, 4) is 35.1 Å². The van der Waals surface area contributed by atoms with Crippen LogP contribution in [0.2, 0.25) is 0 Å². The van der Waals surface area contributed by atoms with Crippen molar-refractivity contribution in [1.29, 1.82) is 10.5 Å². The maximum absolute atomic E-state index is 11.4. The number of carbonyl (C=O) groups is 1. The van der Waals surface area contributed by atoms with E-state index in [1.165, 1.54) is 24.6 Å². The van der Waals surface area contributed by atoms with Crippen LogP contribution < -0.4 is 9.47 Å². The number of ether oxygens (including phenoxy) is 2. The molecule has 6 nitrogen and oxygen atoms in total. The van der Waals surface area contributed by atoms with E-state index in [1.54, 1.807) is 30.3 Å². The van der Waals surface area contributed by atoms with Gasteiger partial charge in [0.2, 0.25) is 0 Å². The summed E-state index contributed by atoms with van der Waals surface area (Å²) in [6.07, 6.45) is 2.95. The summed E-state index contributed by atoms with van der Waals surface area (Å²) in [6, 6.07) is 11.1. The van der Waals surface area contributed by atoms with Crippen molar-refractivity contribution in [2.75, 3.05) is 0 Å². The van der Waals surface area contributed by atoms with Crippen molar-refractivity contribution in [1.82, 2.24) is 0 Å². The molecule has 0 amide bonds. The Morgan fingerprint density at radius 2 is 1.67 bits per heavy atom. The van der Waals surface area contributed by atoms with Crippen molar-refractivity contribution in [3.05, 3.63) is 48.0 Å². The minimum Gasteiger partial charge on any atom is -0.478 e. The Morgan fingerprint density at radius 3 is 2.24 bits per heavy atom. The number of carboxylic acid groups (broad SMARTS) is 1. The van der Waals surface area contributed by atoms with Crippen molar-refractivity contribution < 1.29 is 19.4 Å². The normalized spacial score (nSPS) is 9.24. The number of nitriles is 2. The zero-order valence-corrected chi connectivity index (χ0v) is 10.6. The second-order valence-electron chi connectivity index (χ2n) is 3.87. The van der Waals surface area contributed by atoms with Gasteiger partial charge in [-0.2, -0.15) is 0 Å². The molecular weight excluding hydrogens is 272 g/mol. The van der Waals surface area contributed by atoms with Gasteiger partial charge in [-0.15, -0.1) is 10.5 Å². The Balaban J connectivity index is 2.79. The van der Waals surface area contributed by atoms with Gasteiger partial charge in [0.15, 0.2) is 11.5 Å². The minimum absolute atomic E-state index is 0.0251. The van der Waals surface area contributed by atoms with Crippen molar-refractivity contribution in [2.24, 2.45) is 0 Å². The lowest BCUT2D eigenvalue weighted by molar-refractivity contribution is 0.0697. The van der Waals surface area contributed by atoms with E-state index in [-0.39, 0.29) is 22.6 Å². The van der Waals surface area contributed by atoms with E-state index >= 15 is 0 Å². The van der Waals surface area contributed by atoms with Gasteiger partial charge in [0.1, 0.15) is 0 Å². The van der Waals surface area contributed by atoms with E-state index in [2.05, 4.69) is 0 Å². The smallest absolute Gasteiger partial charge is 0.336 e. The zero-order valence-electron chi connectivity index (χ0n) is 10.6. The molecule has 0 bridgehead atoms. The number of nitrogens with zero attached hydrogens (tertiary/aromatic N) is 2. The predicted molar refractivity (Wildman–Crippen MR) is 71.3 cm³/mol. The van der Waals surface area contributed by atoms with Gasteiger partial charge in [-0.1, -0.05) is 30.3 Å². The van der Waals surface area contributed by atoms with Crippen molar-refractivity contribution in [2.45, 2.75) is 0 Å². The Bertz CT molecular complexity index is 758. The van der Waals surface area contributed by atoms with Crippen LogP contribution in [0.3, 0.4) is 0 Å². The molecule has 0 heterocycles. The maximum atomic E-state index is 11.4. The third kappa shape index (κ3) is 2.75. The van der Waals surface area contributed by atoms with Crippen LogP contribution >= 0.6 is 0 Å². The summed E-state index contributed by atoms with van der Waals surface area (Å²) in [5.41, 5.74) is 0.651. The summed E-state index contributed by atoms with van der Waals surface area (Å²) < 4.78 is 9.56. The molecule has 0 saturated carbocycles. The van der Waals surface area contributed by atoms with Crippen LogP contribution in [0, 0.1) is 23.0 Å². The average Bonchev–Trinajstić information content (AvgIpc) is 2.49. The third-order valence-corrected chi connectivity index (χ3v) is 2.72. The Morgan fingerprint density at radius 1 is 1.00 bits per heavy atom. The third-order valence-electron chi connectivity index (χ3n) is 2.72. The average molecular weight is 280 g/mol. The highest BCUT2D eigenvalue weighted by Gasteiger charge is 2.22. The van der Waals surface area contributed by atoms with E-state index in [4.69, 9.17) is 20.0 Å². The summed E-state index contributed by atoms with van der Waals surface area (Å²) in [6.45, 7) is 0. The van der Waals surface area contributed by atoms with E-state index in [0.717, 1.165) is 0 Å². The Hall–Kier alpha value is -3.51. The second kappa shape index (κ2) is 6.09. The lowest BCUT2D eigenvalue weighted by Crippen LogP contribution is -2.03. The molecule has 0 radical (unpaired) electrons. The molecule has 0 aliphatic heterocycles. The summed E-state index contributed by atoms with van der Waals surface area (Å²) >= 11 is 0. The monoisotopic (exact) mass is 280 g/mol. The molecule has 0 aliphatic carbocycles. The van der Waals surface area contributed by atoms with Gasteiger partial charge in [-0.3, -0.25) is 0 Å². The second-order valence-corrected chi connectivity index (χ2v) is 3.87. The van der Waals surface area contributed by atoms with Gasteiger partial charge < -0.3 is 14.6 Å². The molecule has 1 N–H and O–H groups in total. The first-order valence-corrected chi connectivity index (χ1v) is 5.76. The van der Waals surface area contributed by atoms with E-state index in [0.29, 0.717) is 5.56 Å². The summed E-state index contributed by atoms with van der Waals surface area (Å²) in [5.74, 6) is -1.31. The predicted octanol–water partition coefficient (Wildman–Crippen LogP) is 2.77. The topological polar surface area (TPSA) is 103 Å². The number of aromatic carboxylic acids is 1. The molecular formula is C15H8N2O4. The first-order chi connectivity index (χ1) is 10.2. The Labute approximate surface area is 120 Å². The fourth-order valence-electron chi connectivity index (χ4n) is 1.91. The number of carboxylic acids is 1. The fraction of sp³-hybridized carbons (Fsp3) is 0. The molecule has 0 fully saturated rings. The fourth-order valence-corrected chi connectivity index (χ4v) is 1.91. The number of hydrogen-bond donors (Lipinski definition) is 1. The lowest BCUT2D eigenvalue weighted by atomic mass is 9.98. The highest BCUT2D eigenvalue weighted by molar-refractivity contribution is 5.99. The van der Waals surface area contributed by atoms with Crippen LogP contribution in [0.15, 0.2) is 42.5 Å². The lowest BCUT2D eigenvalue weighted by Gasteiger charge is -2.12. The molecule has 2 rings (SSSR count). The summed E-state index contributed by atoms with van der Waals surface area (Å²) in [7, 11) is 0. The van der Waals surface area contributed by atoms with E-state index in [9.17, 15) is 9.90 Å². The molecule has 0 atom stereocenters. The van der Waals surface area contributed by atoms with Crippen molar-refractivity contribution >= 4 is 5.97 Å². The first-order valence-electron chi connectivity index (χ1n) is 5.76. The van der Waals surface area contributed by atoms with Crippen LogP contribution in [0.25, 0.3) is 11.1 Å². The maximum Gasteiger partial charge on any atom is 0.336 e. The SMILES string of the molecule is N#COc1ccc(C(=O)O)c(-c2ccccc2)c1OC#N. The minimum atomic E-state index is -1.18. The Kier molecular flexibility index (Phi) is 4.03. The molecule has 0 unspecified atom stereocenters. The largest absolute Gasteiger partial charge is 0.478 e. The van der Waals surface area contributed by atoms with Crippen LogP contribution in [0.1, 0.15) is 10.4 Å². The summed E-state index contributed by atoms with van der Waals surface area (Å²) in [4.78, 5) is 11.4. The van der Waals surface area contributed by atoms with Crippen LogP contribution in [0.5, 0.6) is 11.5 Å². The highest BCUT2D eigenvalue weighted by Crippen LogP contribution is 2.40. The molecule has 2 aromatic rings. The number of hydrogen-bond acceptors (Lipinski definition) is 5. The van der Waals surface area contributed by atoms with Crippen LogP contribution in [-0.4, -0.2) is 11.1 Å². The molecule has 0 aromatic heterocycles.